The molecule has 1 aliphatic heterocycles. The van der Waals surface area contributed by atoms with Crippen molar-refractivity contribution in [1.82, 2.24) is 10.6 Å². The average Bonchev–Trinajstić information content (AvgIpc) is 2.17. The fraction of sp³-hybridized carbons (Fsp3) is 0.727. The lowest BCUT2D eigenvalue weighted by Gasteiger charge is -2.30. The molecule has 2 amide bonds. The molecule has 3 N–H and O–H groups in total. The van der Waals surface area contributed by atoms with Crippen LogP contribution in [0.25, 0.3) is 0 Å². The lowest BCUT2D eigenvalue weighted by molar-refractivity contribution is -0.146. The van der Waals surface area contributed by atoms with E-state index in [-0.39, 0.29) is 18.9 Å². The molecule has 0 unspecified atom stereocenters. The summed E-state index contributed by atoms with van der Waals surface area (Å²) < 4.78 is 5.04. The van der Waals surface area contributed by atoms with Crippen LogP contribution in [0.15, 0.2) is 0 Å². The Hall–Kier alpha value is -1.79. The van der Waals surface area contributed by atoms with E-state index in [0.717, 1.165) is 0 Å². The first kappa shape index (κ1) is 14.3. The summed E-state index contributed by atoms with van der Waals surface area (Å²) in [5, 5.41) is 14.0. The maximum Gasteiger partial charge on any atom is 0.407 e. The molecule has 7 heteroatoms. The second kappa shape index (κ2) is 5.24. The van der Waals surface area contributed by atoms with Gasteiger partial charge in [-0.2, -0.15) is 0 Å². The minimum Gasteiger partial charge on any atom is -0.481 e. The van der Waals surface area contributed by atoms with Gasteiger partial charge in [0.25, 0.3) is 0 Å². The fourth-order valence-electron chi connectivity index (χ4n) is 1.65. The number of hydrogen-bond donors (Lipinski definition) is 3. The molecule has 0 aromatic rings. The van der Waals surface area contributed by atoms with Crippen LogP contribution < -0.4 is 10.6 Å². The van der Waals surface area contributed by atoms with Gasteiger partial charge in [0, 0.05) is 13.0 Å². The van der Waals surface area contributed by atoms with Crippen LogP contribution in [-0.2, 0) is 14.3 Å². The molecule has 0 spiro atoms. The van der Waals surface area contributed by atoms with Crippen LogP contribution in [0.2, 0.25) is 0 Å². The lowest BCUT2D eigenvalue weighted by atomic mass is 9.92. The standard InChI is InChI=1S/C11H18N2O5/c1-11(2,3)18-10(17)13-7-5-12-8(14)4-6(7)9(15)16/h6-7H,4-5H2,1-3H3,(H,12,14)(H,13,17)(H,15,16)/t6-,7-/m1/s1. The number of carboxylic acid groups (broad SMARTS) is 1. The summed E-state index contributed by atoms with van der Waals surface area (Å²) in [6.07, 6.45) is -0.828. The molecule has 7 nitrogen and oxygen atoms in total. The summed E-state index contributed by atoms with van der Waals surface area (Å²) in [6.45, 7) is 5.23. The number of piperidine rings is 1. The van der Waals surface area contributed by atoms with Gasteiger partial charge < -0.3 is 20.5 Å². The summed E-state index contributed by atoms with van der Waals surface area (Å²) in [7, 11) is 0. The number of carbonyl (C=O) groups excluding carboxylic acids is 2. The van der Waals surface area contributed by atoms with Gasteiger partial charge in [-0.25, -0.2) is 4.79 Å². The molecule has 1 heterocycles. The highest BCUT2D eigenvalue weighted by atomic mass is 16.6. The zero-order valence-corrected chi connectivity index (χ0v) is 10.6. The number of ether oxygens (including phenoxy) is 1. The zero-order valence-electron chi connectivity index (χ0n) is 10.6. The van der Waals surface area contributed by atoms with Crippen LogP contribution in [-0.4, -0.2) is 41.3 Å². The van der Waals surface area contributed by atoms with E-state index in [1.54, 1.807) is 20.8 Å². The largest absolute Gasteiger partial charge is 0.481 e. The van der Waals surface area contributed by atoms with E-state index in [1.165, 1.54) is 0 Å². The van der Waals surface area contributed by atoms with Crippen LogP contribution in [0.5, 0.6) is 0 Å². The number of carbonyl (C=O) groups is 3. The maximum absolute atomic E-state index is 11.5. The van der Waals surface area contributed by atoms with Crippen molar-refractivity contribution in [3.8, 4) is 0 Å². The van der Waals surface area contributed by atoms with Gasteiger partial charge in [-0.15, -0.1) is 0 Å². The highest BCUT2D eigenvalue weighted by Gasteiger charge is 2.36. The van der Waals surface area contributed by atoms with Gasteiger partial charge in [-0.05, 0) is 20.8 Å². The summed E-state index contributed by atoms with van der Waals surface area (Å²) in [5.74, 6) is -2.36. The molecule has 1 fully saturated rings. The van der Waals surface area contributed by atoms with E-state index < -0.39 is 29.6 Å². The molecule has 1 aliphatic rings. The van der Waals surface area contributed by atoms with Crippen molar-refractivity contribution >= 4 is 18.0 Å². The highest BCUT2D eigenvalue weighted by molar-refractivity contribution is 5.85. The van der Waals surface area contributed by atoms with Crippen LogP contribution in [0.1, 0.15) is 27.2 Å². The number of nitrogens with one attached hydrogen (secondary N) is 2. The van der Waals surface area contributed by atoms with E-state index in [2.05, 4.69) is 10.6 Å². The molecule has 0 radical (unpaired) electrons. The van der Waals surface area contributed by atoms with Gasteiger partial charge in [0.2, 0.25) is 5.91 Å². The maximum atomic E-state index is 11.5. The van der Waals surface area contributed by atoms with E-state index in [0.29, 0.717) is 0 Å². The van der Waals surface area contributed by atoms with Crippen LogP contribution in [0.4, 0.5) is 4.79 Å². The third-order valence-corrected chi connectivity index (χ3v) is 2.43. The molecule has 1 rings (SSSR count). The zero-order chi connectivity index (χ0) is 13.9. The number of rotatable bonds is 2. The molecule has 2 atom stereocenters. The van der Waals surface area contributed by atoms with Crippen molar-refractivity contribution in [2.24, 2.45) is 5.92 Å². The molecule has 0 aliphatic carbocycles. The normalized spacial score (nSPS) is 24.1. The average molecular weight is 258 g/mol. The minimum atomic E-state index is -1.11. The highest BCUT2D eigenvalue weighted by Crippen LogP contribution is 2.15. The smallest absolute Gasteiger partial charge is 0.407 e. The molecule has 0 bridgehead atoms. The SMILES string of the molecule is CC(C)(C)OC(=O)N[C@@H]1CNC(=O)C[C@H]1C(=O)O. The predicted octanol–water partition coefficient (Wildman–Crippen LogP) is 0.100. The Labute approximate surface area is 105 Å². The Balaban J connectivity index is 2.61. The summed E-state index contributed by atoms with van der Waals surface area (Å²) in [4.78, 5) is 33.7. The van der Waals surface area contributed by atoms with Crippen molar-refractivity contribution in [2.45, 2.75) is 38.8 Å². The van der Waals surface area contributed by atoms with Crippen molar-refractivity contribution in [3.05, 3.63) is 0 Å². The Morgan fingerprint density at radius 1 is 1.44 bits per heavy atom. The van der Waals surface area contributed by atoms with Crippen LogP contribution >= 0.6 is 0 Å². The van der Waals surface area contributed by atoms with E-state index in [1.807, 2.05) is 0 Å². The molecule has 18 heavy (non-hydrogen) atoms. The third kappa shape index (κ3) is 4.23. The summed E-state index contributed by atoms with van der Waals surface area (Å²) in [5.41, 5.74) is -0.652. The number of amides is 2. The van der Waals surface area contributed by atoms with E-state index >= 15 is 0 Å². The number of hydrogen-bond acceptors (Lipinski definition) is 4. The van der Waals surface area contributed by atoms with Gasteiger partial charge in [0.1, 0.15) is 5.60 Å². The molecular formula is C11H18N2O5. The van der Waals surface area contributed by atoms with Crippen molar-refractivity contribution in [2.75, 3.05) is 6.54 Å². The minimum absolute atomic E-state index is 0.0923. The third-order valence-electron chi connectivity index (χ3n) is 2.43. The van der Waals surface area contributed by atoms with Crippen LogP contribution in [0, 0.1) is 5.92 Å². The van der Waals surface area contributed by atoms with Crippen molar-refractivity contribution in [1.29, 1.82) is 0 Å². The number of carboxylic acids is 1. The number of alkyl carbamates (subject to hydrolysis) is 1. The van der Waals surface area contributed by atoms with Gasteiger partial charge in [0.05, 0.1) is 12.0 Å². The monoisotopic (exact) mass is 258 g/mol. The molecule has 0 aromatic carbocycles. The Kier molecular flexibility index (Phi) is 4.15. The second-order valence-corrected chi connectivity index (χ2v) is 5.21. The molecule has 1 saturated heterocycles. The fourth-order valence-corrected chi connectivity index (χ4v) is 1.65. The molecular weight excluding hydrogens is 240 g/mol. The second-order valence-electron chi connectivity index (χ2n) is 5.21. The van der Waals surface area contributed by atoms with Crippen molar-refractivity contribution in [3.63, 3.8) is 0 Å². The first-order valence-electron chi connectivity index (χ1n) is 5.68. The molecule has 0 aromatic heterocycles. The van der Waals surface area contributed by atoms with Gasteiger partial charge in [-0.1, -0.05) is 0 Å². The summed E-state index contributed by atoms with van der Waals surface area (Å²) >= 11 is 0. The summed E-state index contributed by atoms with van der Waals surface area (Å²) in [6, 6.07) is -0.657. The topological polar surface area (TPSA) is 105 Å². The van der Waals surface area contributed by atoms with Crippen molar-refractivity contribution < 1.29 is 24.2 Å². The van der Waals surface area contributed by atoms with Crippen LogP contribution in [0.3, 0.4) is 0 Å². The predicted molar refractivity (Wildman–Crippen MR) is 61.9 cm³/mol. The Morgan fingerprint density at radius 3 is 2.56 bits per heavy atom. The van der Waals surface area contributed by atoms with Gasteiger partial charge >= 0.3 is 12.1 Å². The first-order chi connectivity index (χ1) is 8.19. The lowest BCUT2D eigenvalue weighted by Crippen LogP contribution is -2.55. The quantitative estimate of drug-likeness (QED) is 0.651. The molecule has 102 valence electrons. The van der Waals surface area contributed by atoms with Gasteiger partial charge in [-0.3, -0.25) is 9.59 Å². The van der Waals surface area contributed by atoms with E-state index in [9.17, 15) is 14.4 Å². The number of aliphatic carboxylic acids is 1. The van der Waals surface area contributed by atoms with E-state index in [4.69, 9.17) is 9.84 Å². The first-order valence-corrected chi connectivity index (χ1v) is 5.68. The Bertz CT molecular complexity index is 361. The molecule has 0 saturated carbocycles. The van der Waals surface area contributed by atoms with Gasteiger partial charge in [0.15, 0.2) is 0 Å². The Morgan fingerprint density at radius 2 is 2.06 bits per heavy atom.